The highest BCUT2D eigenvalue weighted by Crippen LogP contribution is 2.27. The zero-order chi connectivity index (χ0) is 16.4. The third kappa shape index (κ3) is 4.67. The molecule has 1 aliphatic rings. The van der Waals surface area contributed by atoms with Gasteiger partial charge in [-0.15, -0.1) is 11.3 Å². The van der Waals surface area contributed by atoms with E-state index in [1.54, 1.807) is 29.6 Å². The highest BCUT2D eigenvalue weighted by Gasteiger charge is 2.22. The quantitative estimate of drug-likeness (QED) is 0.741. The Kier molecular flexibility index (Phi) is 4.22. The first kappa shape index (κ1) is 15.8. The molecule has 122 valence electrons. The van der Waals surface area contributed by atoms with E-state index < -0.39 is 10.0 Å². The van der Waals surface area contributed by atoms with Crippen molar-refractivity contribution in [3.63, 3.8) is 0 Å². The summed E-state index contributed by atoms with van der Waals surface area (Å²) in [6.07, 6.45) is 3.35. The highest BCUT2D eigenvalue weighted by molar-refractivity contribution is 7.92. The number of carbonyl (C=O) groups excluding carboxylic acids is 1. The first-order valence-electron chi connectivity index (χ1n) is 7.00. The van der Waals surface area contributed by atoms with Gasteiger partial charge in [-0.05, 0) is 31.0 Å². The maximum atomic E-state index is 12.2. The number of hydrogen-bond donors (Lipinski definition) is 3. The Labute approximate surface area is 138 Å². The van der Waals surface area contributed by atoms with Crippen molar-refractivity contribution < 1.29 is 13.2 Å². The summed E-state index contributed by atoms with van der Waals surface area (Å²) in [6.45, 7) is 0. The summed E-state index contributed by atoms with van der Waals surface area (Å²) in [5.74, 6) is -0.332. The van der Waals surface area contributed by atoms with Gasteiger partial charge in [-0.3, -0.25) is 9.52 Å². The molecule has 0 radical (unpaired) electrons. The Morgan fingerprint density at radius 2 is 2.04 bits per heavy atom. The van der Waals surface area contributed by atoms with Gasteiger partial charge in [-0.25, -0.2) is 13.4 Å². The molecule has 1 aromatic heterocycles. The van der Waals surface area contributed by atoms with Crippen LogP contribution in [0.15, 0.2) is 29.6 Å². The van der Waals surface area contributed by atoms with Crippen molar-refractivity contribution in [3.05, 3.63) is 35.3 Å². The van der Waals surface area contributed by atoms with E-state index in [1.165, 1.54) is 11.3 Å². The fourth-order valence-electron chi connectivity index (χ4n) is 1.92. The first-order valence-corrected chi connectivity index (χ1v) is 9.77. The maximum Gasteiger partial charge on any atom is 0.275 e. The Morgan fingerprint density at radius 3 is 2.74 bits per heavy atom. The van der Waals surface area contributed by atoms with Crippen LogP contribution in [0.25, 0.3) is 0 Å². The molecule has 1 fully saturated rings. The number of hydrogen-bond acceptors (Lipinski definition) is 6. The van der Waals surface area contributed by atoms with Gasteiger partial charge in [0.2, 0.25) is 10.0 Å². The second-order valence-electron chi connectivity index (χ2n) is 5.37. The Morgan fingerprint density at radius 1 is 1.30 bits per heavy atom. The molecule has 2 aromatic rings. The molecular weight excluding hydrogens is 336 g/mol. The molecule has 3 rings (SSSR count). The molecule has 0 aliphatic heterocycles. The van der Waals surface area contributed by atoms with Crippen LogP contribution in [-0.4, -0.2) is 31.6 Å². The van der Waals surface area contributed by atoms with Crippen LogP contribution in [0.3, 0.4) is 0 Å². The Hall–Kier alpha value is -2.13. The summed E-state index contributed by atoms with van der Waals surface area (Å²) in [5, 5.41) is 8.38. The molecule has 0 spiro atoms. The number of benzene rings is 1. The van der Waals surface area contributed by atoms with Gasteiger partial charge in [0.1, 0.15) is 5.69 Å². The molecule has 1 aliphatic carbocycles. The lowest BCUT2D eigenvalue weighted by atomic mass is 10.3. The lowest BCUT2D eigenvalue weighted by Crippen LogP contribution is -2.13. The predicted octanol–water partition coefficient (Wildman–Crippen LogP) is 2.34. The predicted molar refractivity (Wildman–Crippen MR) is 91.6 cm³/mol. The van der Waals surface area contributed by atoms with Crippen molar-refractivity contribution in [2.45, 2.75) is 18.9 Å². The molecular formula is C14H16N4O3S2. The molecule has 3 N–H and O–H groups in total. The molecule has 0 bridgehead atoms. The summed E-state index contributed by atoms with van der Waals surface area (Å²) in [7, 11) is -3.36. The van der Waals surface area contributed by atoms with Gasteiger partial charge in [0.15, 0.2) is 5.13 Å². The molecule has 0 atom stereocenters. The lowest BCUT2D eigenvalue weighted by molar-refractivity contribution is 0.102. The molecule has 1 aromatic carbocycles. The maximum absolute atomic E-state index is 12.2. The zero-order valence-corrected chi connectivity index (χ0v) is 14.0. The minimum atomic E-state index is -3.36. The molecule has 1 heterocycles. The van der Waals surface area contributed by atoms with E-state index in [1.807, 2.05) is 0 Å². The number of rotatable bonds is 6. The first-order chi connectivity index (χ1) is 10.9. The number of nitrogens with one attached hydrogen (secondary N) is 3. The number of carbonyl (C=O) groups is 1. The molecule has 0 saturated heterocycles. The van der Waals surface area contributed by atoms with Gasteiger partial charge in [0, 0.05) is 17.1 Å². The summed E-state index contributed by atoms with van der Waals surface area (Å²) in [5.41, 5.74) is 1.22. The van der Waals surface area contributed by atoms with Crippen molar-refractivity contribution in [2.24, 2.45) is 0 Å². The monoisotopic (exact) mass is 352 g/mol. The van der Waals surface area contributed by atoms with Crippen molar-refractivity contribution in [3.8, 4) is 0 Å². The van der Waals surface area contributed by atoms with Crippen LogP contribution < -0.4 is 15.4 Å². The lowest BCUT2D eigenvalue weighted by Gasteiger charge is -2.07. The van der Waals surface area contributed by atoms with Gasteiger partial charge in [0.05, 0.1) is 11.9 Å². The van der Waals surface area contributed by atoms with Crippen molar-refractivity contribution in [1.29, 1.82) is 0 Å². The van der Waals surface area contributed by atoms with Crippen LogP contribution >= 0.6 is 11.3 Å². The van der Waals surface area contributed by atoms with E-state index in [4.69, 9.17) is 0 Å². The molecule has 1 saturated carbocycles. The third-order valence-corrected chi connectivity index (χ3v) is 4.45. The molecule has 9 heteroatoms. The average molecular weight is 352 g/mol. The van der Waals surface area contributed by atoms with Crippen LogP contribution in [0, 0.1) is 0 Å². The third-order valence-electron chi connectivity index (χ3n) is 3.07. The largest absolute Gasteiger partial charge is 0.359 e. The van der Waals surface area contributed by atoms with E-state index in [0.29, 0.717) is 23.1 Å². The molecule has 7 nitrogen and oxygen atoms in total. The normalized spacial score (nSPS) is 14.3. The van der Waals surface area contributed by atoms with Gasteiger partial charge in [0.25, 0.3) is 5.91 Å². The summed E-state index contributed by atoms with van der Waals surface area (Å²) < 4.78 is 24.8. The van der Waals surface area contributed by atoms with E-state index in [2.05, 4.69) is 20.3 Å². The SMILES string of the molecule is CS(=O)(=O)Nc1cccc(NC(=O)c2csc(NC3CC3)n2)c1. The van der Waals surface area contributed by atoms with E-state index in [-0.39, 0.29) is 5.91 Å². The standard InChI is InChI=1S/C14H16N4O3S2/c1-23(20,21)18-11-4-2-3-10(7-11)15-13(19)12-8-22-14(17-12)16-9-5-6-9/h2-4,7-9,18H,5-6H2,1H3,(H,15,19)(H,16,17). The number of aromatic nitrogens is 1. The molecule has 23 heavy (non-hydrogen) atoms. The summed E-state index contributed by atoms with van der Waals surface area (Å²) in [4.78, 5) is 16.4. The van der Waals surface area contributed by atoms with Crippen molar-refractivity contribution in [1.82, 2.24) is 4.98 Å². The average Bonchev–Trinajstić information content (AvgIpc) is 3.12. The van der Waals surface area contributed by atoms with Crippen LogP contribution in [0.2, 0.25) is 0 Å². The van der Waals surface area contributed by atoms with Crippen molar-refractivity contribution in [2.75, 3.05) is 21.6 Å². The van der Waals surface area contributed by atoms with Gasteiger partial charge in [-0.2, -0.15) is 0 Å². The van der Waals surface area contributed by atoms with Crippen LogP contribution in [0.5, 0.6) is 0 Å². The molecule has 1 amide bonds. The van der Waals surface area contributed by atoms with Gasteiger partial charge in [-0.1, -0.05) is 6.07 Å². The summed E-state index contributed by atoms with van der Waals surface area (Å²) >= 11 is 1.39. The van der Waals surface area contributed by atoms with Crippen LogP contribution in [-0.2, 0) is 10.0 Å². The Balaban J connectivity index is 1.67. The van der Waals surface area contributed by atoms with Crippen LogP contribution in [0.4, 0.5) is 16.5 Å². The fourth-order valence-corrected chi connectivity index (χ4v) is 3.24. The smallest absolute Gasteiger partial charge is 0.275 e. The Bertz CT molecular complexity index is 828. The topological polar surface area (TPSA) is 100 Å². The number of thiazole rings is 1. The minimum Gasteiger partial charge on any atom is -0.359 e. The summed E-state index contributed by atoms with van der Waals surface area (Å²) in [6, 6.07) is 6.98. The minimum absolute atomic E-state index is 0.332. The van der Waals surface area contributed by atoms with Gasteiger partial charge >= 0.3 is 0 Å². The van der Waals surface area contributed by atoms with Crippen molar-refractivity contribution >= 4 is 43.8 Å². The number of anilines is 3. The van der Waals surface area contributed by atoms with E-state index in [0.717, 1.165) is 24.2 Å². The number of nitrogens with zero attached hydrogens (tertiary/aromatic N) is 1. The van der Waals surface area contributed by atoms with Gasteiger partial charge < -0.3 is 10.6 Å². The fraction of sp³-hybridized carbons (Fsp3) is 0.286. The van der Waals surface area contributed by atoms with E-state index in [9.17, 15) is 13.2 Å². The molecule has 0 unspecified atom stereocenters. The zero-order valence-electron chi connectivity index (χ0n) is 12.4. The second kappa shape index (κ2) is 6.17. The number of amides is 1. The highest BCUT2D eigenvalue weighted by atomic mass is 32.2. The second-order valence-corrected chi connectivity index (χ2v) is 7.97. The number of sulfonamides is 1. The van der Waals surface area contributed by atoms with E-state index >= 15 is 0 Å². The van der Waals surface area contributed by atoms with Crippen LogP contribution in [0.1, 0.15) is 23.3 Å².